The van der Waals surface area contributed by atoms with Crippen molar-refractivity contribution in [1.29, 1.82) is 0 Å². The highest BCUT2D eigenvalue weighted by Crippen LogP contribution is 2.28. The van der Waals surface area contributed by atoms with Crippen LogP contribution in [0.2, 0.25) is 10.0 Å². The quantitative estimate of drug-likeness (QED) is 0.199. The molecule has 3 aromatic rings. The second-order valence-electron chi connectivity index (χ2n) is 6.26. The predicted molar refractivity (Wildman–Crippen MR) is 123 cm³/mol. The molecule has 1 unspecified atom stereocenters. The average molecular weight is 477 g/mol. The second-order valence-corrected chi connectivity index (χ2v) is 8.05. The summed E-state index contributed by atoms with van der Waals surface area (Å²) in [6, 6.07) is 15.0. The fourth-order valence-electron chi connectivity index (χ4n) is 2.46. The van der Waals surface area contributed by atoms with Gasteiger partial charge in [-0.2, -0.15) is 5.10 Å². The van der Waals surface area contributed by atoms with Crippen LogP contribution >= 0.6 is 34.5 Å². The molecule has 1 amide bonds. The van der Waals surface area contributed by atoms with Gasteiger partial charge in [-0.15, -0.1) is 11.3 Å². The van der Waals surface area contributed by atoms with Gasteiger partial charge in [0.2, 0.25) is 0 Å². The van der Waals surface area contributed by atoms with Crippen LogP contribution in [-0.2, 0) is 4.79 Å². The van der Waals surface area contributed by atoms with Crippen LogP contribution in [0.15, 0.2) is 65.1 Å². The molecule has 2 aromatic carbocycles. The first-order chi connectivity index (χ1) is 15.0. The molecule has 1 N–H and O–H groups in total. The summed E-state index contributed by atoms with van der Waals surface area (Å²) in [7, 11) is 0. The highest BCUT2D eigenvalue weighted by Gasteiger charge is 2.19. The fraction of sp³-hybridized carbons (Fsp3) is 0.136. The van der Waals surface area contributed by atoms with Gasteiger partial charge in [-0.1, -0.05) is 36.2 Å². The zero-order valence-electron chi connectivity index (χ0n) is 16.4. The molecule has 0 aliphatic carbocycles. The first-order valence-corrected chi connectivity index (χ1v) is 10.9. The number of hydrogen-bond acceptors (Lipinski definition) is 6. The normalized spacial score (nSPS) is 11.8. The van der Waals surface area contributed by atoms with E-state index in [2.05, 4.69) is 10.5 Å². The molecule has 1 aromatic heterocycles. The van der Waals surface area contributed by atoms with Gasteiger partial charge in [-0.3, -0.25) is 4.79 Å². The highest BCUT2D eigenvalue weighted by molar-refractivity contribution is 7.12. The van der Waals surface area contributed by atoms with Gasteiger partial charge in [0.25, 0.3) is 5.91 Å². The Hall–Kier alpha value is -2.87. The van der Waals surface area contributed by atoms with Crippen molar-refractivity contribution in [3.8, 4) is 11.5 Å². The van der Waals surface area contributed by atoms with Gasteiger partial charge < -0.3 is 9.47 Å². The molecule has 0 radical (unpaired) electrons. The second kappa shape index (κ2) is 10.9. The number of rotatable bonds is 8. The Bertz CT molecular complexity index is 1070. The van der Waals surface area contributed by atoms with Crippen LogP contribution < -0.4 is 14.9 Å². The smallest absolute Gasteiger partial charge is 0.353 e. The molecule has 3 rings (SSSR count). The number of hydrogen-bond donors (Lipinski definition) is 1. The summed E-state index contributed by atoms with van der Waals surface area (Å²) in [6.45, 7) is 1.81. The van der Waals surface area contributed by atoms with Crippen molar-refractivity contribution in [3.05, 3.63) is 80.5 Å². The van der Waals surface area contributed by atoms with Gasteiger partial charge in [0.05, 0.1) is 11.2 Å². The molecular formula is C22H18Cl2N2O4S. The van der Waals surface area contributed by atoms with Crippen molar-refractivity contribution >= 4 is 52.6 Å². The first-order valence-electron chi connectivity index (χ1n) is 9.26. The van der Waals surface area contributed by atoms with E-state index in [0.29, 0.717) is 38.4 Å². The minimum absolute atomic E-state index is 0.321. The molecule has 0 saturated heterocycles. The number of nitrogens with one attached hydrogen (secondary N) is 1. The van der Waals surface area contributed by atoms with Crippen LogP contribution in [-0.4, -0.2) is 24.2 Å². The first kappa shape index (κ1) is 22.8. The Morgan fingerprint density at radius 1 is 1.16 bits per heavy atom. The molecule has 0 aliphatic heterocycles. The van der Waals surface area contributed by atoms with Crippen molar-refractivity contribution in [2.45, 2.75) is 19.4 Å². The van der Waals surface area contributed by atoms with Crippen LogP contribution in [0.4, 0.5) is 0 Å². The number of ether oxygens (including phenoxy) is 2. The van der Waals surface area contributed by atoms with Crippen molar-refractivity contribution in [3.63, 3.8) is 0 Å². The molecule has 1 atom stereocenters. The monoisotopic (exact) mass is 476 g/mol. The highest BCUT2D eigenvalue weighted by atomic mass is 35.5. The van der Waals surface area contributed by atoms with Gasteiger partial charge in [-0.05, 0) is 65.9 Å². The van der Waals surface area contributed by atoms with E-state index in [9.17, 15) is 9.59 Å². The van der Waals surface area contributed by atoms with Gasteiger partial charge in [0.1, 0.15) is 16.4 Å². The Balaban J connectivity index is 1.53. The van der Waals surface area contributed by atoms with Crippen LogP contribution in [0.3, 0.4) is 0 Å². The van der Waals surface area contributed by atoms with Gasteiger partial charge in [0, 0.05) is 5.02 Å². The number of nitrogens with zero attached hydrogens (tertiary/aromatic N) is 1. The van der Waals surface area contributed by atoms with E-state index < -0.39 is 18.0 Å². The third kappa shape index (κ3) is 6.55. The maximum atomic E-state index is 12.4. The number of carbonyl (C=O) groups excluding carboxylic acids is 2. The minimum atomic E-state index is -0.769. The number of hydrazone groups is 1. The van der Waals surface area contributed by atoms with E-state index in [-0.39, 0.29) is 0 Å². The zero-order valence-corrected chi connectivity index (χ0v) is 18.7. The summed E-state index contributed by atoms with van der Waals surface area (Å²) < 4.78 is 11.0. The van der Waals surface area contributed by atoms with E-state index in [4.69, 9.17) is 32.7 Å². The molecule has 0 aliphatic rings. The lowest BCUT2D eigenvalue weighted by Gasteiger charge is -2.16. The van der Waals surface area contributed by atoms with E-state index in [1.165, 1.54) is 17.6 Å². The number of halogens is 2. The zero-order chi connectivity index (χ0) is 22.2. The summed E-state index contributed by atoms with van der Waals surface area (Å²) in [5.41, 5.74) is 3.16. The van der Waals surface area contributed by atoms with Crippen LogP contribution in [0.5, 0.6) is 11.5 Å². The maximum Gasteiger partial charge on any atom is 0.353 e. The van der Waals surface area contributed by atoms with Crippen molar-refractivity contribution in [1.82, 2.24) is 5.43 Å². The summed E-state index contributed by atoms with van der Waals surface area (Å²) in [4.78, 5) is 24.8. The fourth-order valence-corrected chi connectivity index (χ4v) is 3.51. The number of amides is 1. The summed E-state index contributed by atoms with van der Waals surface area (Å²) in [6.07, 6.45) is 1.13. The largest absolute Gasteiger partial charge is 0.479 e. The lowest BCUT2D eigenvalue weighted by Crippen LogP contribution is -2.35. The van der Waals surface area contributed by atoms with Gasteiger partial charge in [-0.25, -0.2) is 10.2 Å². The molecule has 9 heteroatoms. The molecule has 0 saturated carbocycles. The molecule has 160 valence electrons. The number of thiophene rings is 1. The topological polar surface area (TPSA) is 77.0 Å². The van der Waals surface area contributed by atoms with Crippen LogP contribution in [0.1, 0.15) is 28.6 Å². The summed E-state index contributed by atoms with van der Waals surface area (Å²) in [5.74, 6) is -0.0371. The Labute approximate surface area is 193 Å². The Morgan fingerprint density at radius 3 is 2.58 bits per heavy atom. The standard InChI is InChI=1S/C22H18Cl2N2O4S/c1-2-18(30-19-10-7-15(23)12-17(19)24)21(27)26-25-13-14-5-8-16(9-6-14)29-22(28)20-4-3-11-31-20/h3-13,18H,2H2,1H3,(H,26,27)/b25-13+. The van der Waals surface area contributed by atoms with E-state index in [1.807, 2.05) is 12.3 Å². The van der Waals surface area contributed by atoms with Crippen molar-refractivity contribution in [2.24, 2.45) is 5.10 Å². The average Bonchev–Trinajstić information content (AvgIpc) is 3.29. The number of benzene rings is 2. The van der Waals surface area contributed by atoms with Gasteiger partial charge in [0.15, 0.2) is 6.10 Å². The molecular weight excluding hydrogens is 459 g/mol. The van der Waals surface area contributed by atoms with E-state index >= 15 is 0 Å². The Kier molecular flexibility index (Phi) is 8.06. The van der Waals surface area contributed by atoms with E-state index in [0.717, 1.165) is 0 Å². The predicted octanol–water partition coefficient (Wildman–Crippen LogP) is 5.58. The number of esters is 1. The van der Waals surface area contributed by atoms with Crippen LogP contribution in [0.25, 0.3) is 0 Å². The molecule has 0 fully saturated rings. The SMILES string of the molecule is CCC(Oc1ccc(Cl)cc1Cl)C(=O)N/N=C/c1ccc(OC(=O)c2cccs2)cc1. The summed E-state index contributed by atoms with van der Waals surface area (Å²) >= 11 is 13.3. The van der Waals surface area contributed by atoms with Crippen molar-refractivity contribution in [2.75, 3.05) is 0 Å². The molecule has 31 heavy (non-hydrogen) atoms. The summed E-state index contributed by atoms with van der Waals surface area (Å²) in [5, 5.41) is 6.56. The molecule has 0 spiro atoms. The lowest BCUT2D eigenvalue weighted by atomic mass is 10.2. The van der Waals surface area contributed by atoms with Crippen LogP contribution in [0, 0.1) is 0 Å². The molecule has 1 heterocycles. The Morgan fingerprint density at radius 2 is 1.94 bits per heavy atom. The molecule has 6 nitrogen and oxygen atoms in total. The molecule has 0 bridgehead atoms. The third-order valence-corrected chi connectivity index (χ3v) is 5.41. The van der Waals surface area contributed by atoms with Crippen molar-refractivity contribution < 1.29 is 19.1 Å². The number of carbonyl (C=O) groups is 2. The third-order valence-electron chi connectivity index (χ3n) is 4.03. The van der Waals surface area contributed by atoms with E-state index in [1.54, 1.807) is 54.6 Å². The minimum Gasteiger partial charge on any atom is -0.479 e. The maximum absolute atomic E-state index is 12.4. The lowest BCUT2D eigenvalue weighted by molar-refractivity contribution is -0.128. The van der Waals surface area contributed by atoms with Gasteiger partial charge >= 0.3 is 5.97 Å².